The zero-order chi connectivity index (χ0) is 15.2. The first kappa shape index (κ1) is 15.1. The van der Waals surface area contributed by atoms with Crippen LogP contribution in [-0.2, 0) is 4.79 Å². The van der Waals surface area contributed by atoms with Crippen LogP contribution in [0.3, 0.4) is 0 Å². The summed E-state index contributed by atoms with van der Waals surface area (Å²) in [6, 6.07) is 7.43. The fraction of sp³-hybridized carbons (Fsp3) is 0.333. The topological polar surface area (TPSA) is 78.9 Å². The SMILES string of the molecule is CCC(C)NCC(=O)Nc1ccc(-n2cc[nH]c2=O)cc1. The van der Waals surface area contributed by atoms with Crippen LogP contribution in [0.4, 0.5) is 5.69 Å². The predicted octanol–water partition coefficient (Wildman–Crippen LogP) is 1.49. The summed E-state index contributed by atoms with van der Waals surface area (Å²) in [5, 5.41) is 5.94. The molecular weight excluding hydrogens is 268 g/mol. The Morgan fingerprint density at radius 1 is 1.33 bits per heavy atom. The summed E-state index contributed by atoms with van der Waals surface area (Å²) in [7, 11) is 0. The maximum Gasteiger partial charge on any atom is 0.330 e. The average Bonchev–Trinajstić information content (AvgIpc) is 2.91. The summed E-state index contributed by atoms with van der Waals surface area (Å²) in [5.41, 5.74) is 1.26. The molecule has 2 rings (SSSR count). The van der Waals surface area contributed by atoms with Gasteiger partial charge in [-0.15, -0.1) is 0 Å². The Labute approximate surface area is 123 Å². The van der Waals surface area contributed by atoms with Crippen molar-refractivity contribution in [2.75, 3.05) is 11.9 Å². The summed E-state index contributed by atoms with van der Waals surface area (Å²) in [6.07, 6.45) is 4.22. The molecule has 1 heterocycles. The molecule has 0 spiro atoms. The van der Waals surface area contributed by atoms with Crippen molar-refractivity contribution in [1.82, 2.24) is 14.9 Å². The third-order valence-electron chi connectivity index (χ3n) is 3.30. The van der Waals surface area contributed by atoms with Gasteiger partial charge in [0.15, 0.2) is 0 Å². The maximum atomic E-state index is 11.8. The number of amides is 1. The molecule has 0 fully saturated rings. The van der Waals surface area contributed by atoms with E-state index in [-0.39, 0.29) is 18.1 Å². The molecule has 1 aromatic heterocycles. The van der Waals surface area contributed by atoms with Crippen LogP contribution in [0, 0.1) is 0 Å². The van der Waals surface area contributed by atoms with Gasteiger partial charge >= 0.3 is 5.69 Å². The monoisotopic (exact) mass is 288 g/mol. The minimum Gasteiger partial charge on any atom is -0.325 e. The van der Waals surface area contributed by atoms with Crippen molar-refractivity contribution in [3.63, 3.8) is 0 Å². The van der Waals surface area contributed by atoms with Crippen LogP contribution in [0.2, 0.25) is 0 Å². The van der Waals surface area contributed by atoms with E-state index >= 15 is 0 Å². The van der Waals surface area contributed by atoms with E-state index < -0.39 is 0 Å². The summed E-state index contributed by atoms with van der Waals surface area (Å²) < 4.78 is 1.50. The third-order valence-corrected chi connectivity index (χ3v) is 3.30. The Kier molecular flexibility index (Phi) is 4.94. The summed E-state index contributed by atoms with van der Waals surface area (Å²) >= 11 is 0. The maximum absolute atomic E-state index is 11.8. The van der Waals surface area contributed by atoms with Crippen molar-refractivity contribution < 1.29 is 4.79 Å². The highest BCUT2D eigenvalue weighted by Crippen LogP contribution is 2.11. The Morgan fingerprint density at radius 2 is 2.05 bits per heavy atom. The molecule has 21 heavy (non-hydrogen) atoms. The van der Waals surface area contributed by atoms with Gasteiger partial charge in [-0.1, -0.05) is 6.92 Å². The van der Waals surface area contributed by atoms with Gasteiger partial charge in [0.25, 0.3) is 0 Å². The number of aromatic nitrogens is 2. The lowest BCUT2D eigenvalue weighted by molar-refractivity contribution is -0.115. The van der Waals surface area contributed by atoms with Crippen molar-refractivity contribution in [1.29, 1.82) is 0 Å². The van der Waals surface area contributed by atoms with Crippen LogP contribution < -0.4 is 16.3 Å². The lowest BCUT2D eigenvalue weighted by Crippen LogP contribution is -2.33. The molecule has 0 aliphatic rings. The number of carbonyl (C=O) groups is 1. The molecule has 1 unspecified atom stereocenters. The van der Waals surface area contributed by atoms with E-state index in [1.807, 2.05) is 6.92 Å². The van der Waals surface area contributed by atoms with Crippen molar-refractivity contribution in [2.24, 2.45) is 0 Å². The fourth-order valence-electron chi connectivity index (χ4n) is 1.85. The molecule has 112 valence electrons. The van der Waals surface area contributed by atoms with Gasteiger partial charge in [0.05, 0.1) is 12.2 Å². The lowest BCUT2D eigenvalue weighted by Gasteiger charge is -2.11. The molecule has 0 saturated heterocycles. The molecule has 3 N–H and O–H groups in total. The van der Waals surface area contributed by atoms with Gasteiger partial charge in [-0.3, -0.25) is 9.36 Å². The molecule has 0 saturated carbocycles. The van der Waals surface area contributed by atoms with Gasteiger partial charge in [0.2, 0.25) is 5.91 Å². The van der Waals surface area contributed by atoms with Gasteiger partial charge in [-0.25, -0.2) is 4.79 Å². The second-order valence-electron chi connectivity index (χ2n) is 4.92. The van der Waals surface area contributed by atoms with Gasteiger partial charge in [0, 0.05) is 24.1 Å². The summed E-state index contributed by atoms with van der Waals surface area (Å²) in [6.45, 7) is 4.39. The Morgan fingerprint density at radius 3 is 2.62 bits per heavy atom. The van der Waals surface area contributed by atoms with Crippen LogP contribution >= 0.6 is 0 Å². The van der Waals surface area contributed by atoms with Crippen LogP contribution in [0.5, 0.6) is 0 Å². The van der Waals surface area contributed by atoms with Crippen molar-refractivity contribution in [2.45, 2.75) is 26.3 Å². The molecule has 0 bridgehead atoms. The number of aromatic amines is 1. The van der Waals surface area contributed by atoms with Gasteiger partial charge in [0.1, 0.15) is 0 Å². The molecule has 6 nitrogen and oxygen atoms in total. The van der Waals surface area contributed by atoms with Gasteiger partial charge < -0.3 is 15.6 Å². The fourth-order valence-corrected chi connectivity index (χ4v) is 1.85. The molecule has 2 aromatic rings. The molecule has 1 aromatic carbocycles. The summed E-state index contributed by atoms with van der Waals surface area (Å²) in [5.74, 6) is -0.0816. The highest BCUT2D eigenvalue weighted by Gasteiger charge is 2.05. The molecule has 0 radical (unpaired) electrons. The second kappa shape index (κ2) is 6.90. The Bertz CT molecular complexity index is 642. The highest BCUT2D eigenvalue weighted by molar-refractivity contribution is 5.92. The number of hydrogen-bond acceptors (Lipinski definition) is 3. The number of H-pyrrole nitrogens is 1. The van der Waals surface area contributed by atoms with Crippen molar-refractivity contribution >= 4 is 11.6 Å². The first-order chi connectivity index (χ1) is 10.1. The van der Waals surface area contributed by atoms with Crippen LogP contribution in [0.15, 0.2) is 41.5 Å². The van der Waals surface area contributed by atoms with Crippen LogP contribution in [-0.4, -0.2) is 28.0 Å². The lowest BCUT2D eigenvalue weighted by atomic mass is 10.2. The van der Waals surface area contributed by atoms with Crippen LogP contribution in [0.25, 0.3) is 5.69 Å². The number of benzene rings is 1. The van der Waals surface area contributed by atoms with E-state index in [9.17, 15) is 9.59 Å². The predicted molar refractivity (Wildman–Crippen MR) is 82.8 cm³/mol. The first-order valence-corrected chi connectivity index (χ1v) is 7.00. The normalized spacial score (nSPS) is 12.1. The zero-order valence-corrected chi connectivity index (χ0v) is 12.2. The minimum absolute atomic E-state index is 0.0816. The third kappa shape index (κ3) is 4.06. The molecule has 0 aliphatic heterocycles. The van der Waals surface area contributed by atoms with E-state index in [1.54, 1.807) is 36.7 Å². The first-order valence-electron chi connectivity index (χ1n) is 7.00. The smallest absolute Gasteiger partial charge is 0.325 e. The van der Waals surface area contributed by atoms with E-state index in [0.29, 0.717) is 11.7 Å². The molecule has 0 aliphatic carbocycles. The van der Waals surface area contributed by atoms with Gasteiger partial charge in [-0.05, 0) is 37.6 Å². The molecular formula is C15H20N4O2. The zero-order valence-electron chi connectivity index (χ0n) is 12.2. The molecule has 6 heteroatoms. The van der Waals surface area contributed by atoms with Crippen molar-refractivity contribution in [3.05, 3.63) is 47.1 Å². The van der Waals surface area contributed by atoms with Crippen LogP contribution in [0.1, 0.15) is 20.3 Å². The Hall–Kier alpha value is -2.34. The Balaban J connectivity index is 1.95. The summed E-state index contributed by atoms with van der Waals surface area (Å²) in [4.78, 5) is 25.8. The van der Waals surface area contributed by atoms with E-state index in [1.165, 1.54) is 4.57 Å². The average molecular weight is 288 g/mol. The molecule has 1 atom stereocenters. The minimum atomic E-state index is -0.190. The highest BCUT2D eigenvalue weighted by atomic mass is 16.2. The van der Waals surface area contributed by atoms with E-state index in [4.69, 9.17) is 0 Å². The second-order valence-corrected chi connectivity index (χ2v) is 4.92. The number of nitrogens with one attached hydrogen (secondary N) is 3. The standard InChI is InChI=1S/C15H20N4O2/c1-3-11(2)17-10-14(20)18-12-4-6-13(7-5-12)19-9-8-16-15(19)21/h4-9,11,17H,3,10H2,1-2H3,(H,16,21)(H,18,20). The number of nitrogens with zero attached hydrogens (tertiary/aromatic N) is 1. The largest absolute Gasteiger partial charge is 0.330 e. The number of anilines is 1. The van der Waals surface area contributed by atoms with Crippen molar-refractivity contribution in [3.8, 4) is 5.69 Å². The van der Waals surface area contributed by atoms with E-state index in [0.717, 1.165) is 12.1 Å². The number of imidazole rings is 1. The van der Waals surface area contributed by atoms with Gasteiger partial charge in [-0.2, -0.15) is 0 Å². The number of carbonyl (C=O) groups excluding carboxylic acids is 1. The number of hydrogen-bond donors (Lipinski definition) is 3. The quantitative estimate of drug-likeness (QED) is 0.753. The van der Waals surface area contributed by atoms with E-state index in [2.05, 4.69) is 22.5 Å². The molecule has 1 amide bonds. The number of rotatable bonds is 6.